The third kappa shape index (κ3) is 3.56. The Labute approximate surface area is 243 Å². The van der Waals surface area contributed by atoms with Gasteiger partial charge in [-0.3, -0.25) is 14.4 Å². The van der Waals surface area contributed by atoms with E-state index in [9.17, 15) is 14.4 Å². The van der Waals surface area contributed by atoms with Gasteiger partial charge in [-0.2, -0.15) is 0 Å². The second kappa shape index (κ2) is 9.73. The molecule has 3 heterocycles. The van der Waals surface area contributed by atoms with E-state index in [0.29, 0.717) is 33.9 Å². The molecule has 1 N–H and O–H groups in total. The Morgan fingerprint density at radius 3 is 2.02 bits per heavy atom. The van der Waals surface area contributed by atoms with Crippen molar-refractivity contribution >= 4 is 34.9 Å². The Morgan fingerprint density at radius 1 is 0.762 bits per heavy atom. The van der Waals surface area contributed by atoms with Crippen molar-refractivity contribution < 1.29 is 23.9 Å². The summed E-state index contributed by atoms with van der Waals surface area (Å²) in [4.78, 5) is 45.9. The molecule has 4 aromatic carbocycles. The van der Waals surface area contributed by atoms with Gasteiger partial charge in [0, 0.05) is 22.5 Å². The monoisotopic (exact) mass is 556 g/mol. The average molecular weight is 557 g/mol. The summed E-state index contributed by atoms with van der Waals surface area (Å²) in [5, 5.41) is 3.06. The third-order valence-corrected chi connectivity index (χ3v) is 8.84. The van der Waals surface area contributed by atoms with E-state index in [1.54, 1.807) is 62.8 Å². The molecule has 0 saturated carbocycles. The molecule has 3 aliphatic heterocycles. The van der Waals surface area contributed by atoms with Crippen LogP contribution in [0.1, 0.15) is 31.8 Å². The Bertz CT molecular complexity index is 1760. The van der Waals surface area contributed by atoms with Crippen LogP contribution >= 0.6 is 0 Å². The minimum absolute atomic E-state index is 0.242. The predicted octanol–water partition coefficient (Wildman–Crippen LogP) is 5.56. The number of para-hydroxylation sites is 2. The molecule has 7 heteroatoms. The Morgan fingerprint density at radius 2 is 1.36 bits per heavy atom. The highest BCUT2D eigenvalue weighted by Crippen LogP contribution is 2.58. The number of nitrogens with one attached hydrogen (secondary N) is 1. The number of benzene rings is 4. The second-order valence-electron chi connectivity index (χ2n) is 10.7. The van der Waals surface area contributed by atoms with Crippen molar-refractivity contribution in [2.24, 2.45) is 5.92 Å². The SMILES string of the molecule is COc1ccc(C(=O)[C@@H]2[C@H](C(=O)c3ccc(OC)cc3)N3c4ccccc4C=C[C@@H]3[C@@]23C(=O)Nc2ccccc23)cc1. The molecular formula is C35H28N2O5. The van der Waals surface area contributed by atoms with Crippen LogP contribution in [0.3, 0.4) is 0 Å². The van der Waals surface area contributed by atoms with Crippen LogP contribution < -0.4 is 19.7 Å². The Kier molecular flexibility index (Phi) is 5.97. The molecule has 0 aromatic heterocycles. The normalized spacial score (nSPS) is 23.1. The van der Waals surface area contributed by atoms with Crippen LogP contribution in [0.2, 0.25) is 0 Å². The highest BCUT2D eigenvalue weighted by atomic mass is 16.5. The lowest BCUT2D eigenvalue weighted by atomic mass is 9.64. The number of nitrogens with zero attached hydrogens (tertiary/aromatic N) is 1. The summed E-state index contributed by atoms with van der Waals surface area (Å²) in [6.45, 7) is 0. The predicted molar refractivity (Wildman–Crippen MR) is 160 cm³/mol. The van der Waals surface area contributed by atoms with Crippen LogP contribution in [0.15, 0.2) is 103 Å². The van der Waals surface area contributed by atoms with Crippen molar-refractivity contribution in [1.82, 2.24) is 0 Å². The maximum Gasteiger partial charge on any atom is 0.238 e. The van der Waals surface area contributed by atoms with Gasteiger partial charge in [0.25, 0.3) is 0 Å². The van der Waals surface area contributed by atoms with Crippen molar-refractivity contribution in [3.05, 3.63) is 125 Å². The number of fused-ring (bicyclic) bond motifs is 6. The molecule has 0 unspecified atom stereocenters. The van der Waals surface area contributed by atoms with Crippen molar-refractivity contribution in [3.63, 3.8) is 0 Å². The molecule has 0 radical (unpaired) electrons. The van der Waals surface area contributed by atoms with Crippen molar-refractivity contribution in [1.29, 1.82) is 0 Å². The topological polar surface area (TPSA) is 84.9 Å². The smallest absolute Gasteiger partial charge is 0.238 e. The summed E-state index contributed by atoms with van der Waals surface area (Å²) in [6.07, 6.45) is 3.96. The molecule has 7 nitrogen and oxygen atoms in total. The summed E-state index contributed by atoms with van der Waals surface area (Å²) < 4.78 is 10.7. The van der Waals surface area contributed by atoms with E-state index in [-0.39, 0.29) is 17.5 Å². The molecular weight excluding hydrogens is 528 g/mol. The van der Waals surface area contributed by atoms with Gasteiger partial charge in [0.05, 0.1) is 26.2 Å². The van der Waals surface area contributed by atoms with Crippen molar-refractivity contribution in [2.75, 3.05) is 24.4 Å². The number of carbonyl (C=O) groups excluding carboxylic acids is 3. The molecule has 1 amide bonds. The van der Waals surface area contributed by atoms with Crippen LogP contribution in [0.4, 0.5) is 11.4 Å². The number of hydrogen-bond acceptors (Lipinski definition) is 6. The van der Waals surface area contributed by atoms with Crippen LogP contribution in [0.25, 0.3) is 6.08 Å². The van der Waals surface area contributed by atoms with Gasteiger partial charge in [0.1, 0.15) is 23.0 Å². The maximum absolute atomic E-state index is 14.8. The minimum atomic E-state index is -1.36. The number of anilines is 2. The quantitative estimate of drug-likeness (QED) is 0.313. The number of methoxy groups -OCH3 is 2. The van der Waals surface area contributed by atoms with Crippen molar-refractivity contribution in [2.45, 2.75) is 17.5 Å². The first-order chi connectivity index (χ1) is 20.5. The van der Waals surface area contributed by atoms with E-state index in [4.69, 9.17) is 9.47 Å². The molecule has 4 aromatic rings. The first kappa shape index (κ1) is 25.8. The Hall–Kier alpha value is -5.17. The largest absolute Gasteiger partial charge is 0.497 e. The molecule has 1 saturated heterocycles. The summed E-state index contributed by atoms with van der Waals surface area (Å²) in [5.74, 6) is -0.625. The minimum Gasteiger partial charge on any atom is -0.497 e. The van der Waals surface area contributed by atoms with E-state index in [1.165, 1.54) is 0 Å². The Balaban J connectivity index is 1.50. The first-order valence-electron chi connectivity index (χ1n) is 13.8. The van der Waals surface area contributed by atoms with Gasteiger partial charge in [-0.1, -0.05) is 48.6 Å². The van der Waals surface area contributed by atoms with E-state index in [0.717, 1.165) is 11.3 Å². The zero-order valence-electron chi connectivity index (χ0n) is 23.1. The van der Waals surface area contributed by atoms with E-state index in [2.05, 4.69) is 5.32 Å². The number of amides is 1. The van der Waals surface area contributed by atoms with Crippen LogP contribution in [-0.4, -0.2) is 43.8 Å². The van der Waals surface area contributed by atoms with E-state index < -0.39 is 23.4 Å². The lowest BCUT2D eigenvalue weighted by Crippen LogP contribution is -2.51. The summed E-state index contributed by atoms with van der Waals surface area (Å²) in [7, 11) is 3.13. The molecule has 7 rings (SSSR count). The molecule has 208 valence electrons. The first-order valence-corrected chi connectivity index (χ1v) is 13.8. The lowest BCUT2D eigenvalue weighted by molar-refractivity contribution is -0.121. The highest BCUT2D eigenvalue weighted by Gasteiger charge is 2.70. The fourth-order valence-corrected chi connectivity index (χ4v) is 6.98. The molecule has 1 fully saturated rings. The van der Waals surface area contributed by atoms with Crippen LogP contribution in [0, 0.1) is 5.92 Å². The zero-order valence-corrected chi connectivity index (χ0v) is 23.1. The van der Waals surface area contributed by atoms with Gasteiger partial charge in [-0.15, -0.1) is 0 Å². The number of ketones is 2. The zero-order chi connectivity index (χ0) is 29.0. The molecule has 3 aliphatic rings. The lowest BCUT2D eigenvalue weighted by Gasteiger charge is -2.37. The van der Waals surface area contributed by atoms with E-state index in [1.807, 2.05) is 65.6 Å². The van der Waals surface area contributed by atoms with Gasteiger partial charge >= 0.3 is 0 Å². The summed E-state index contributed by atoms with van der Waals surface area (Å²) in [6, 6.07) is 27.4. The van der Waals surface area contributed by atoms with Gasteiger partial charge in [0.15, 0.2) is 11.6 Å². The second-order valence-corrected chi connectivity index (χ2v) is 10.7. The van der Waals surface area contributed by atoms with Crippen molar-refractivity contribution in [3.8, 4) is 11.5 Å². The number of hydrogen-bond donors (Lipinski definition) is 1. The molecule has 0 bridgehead atoms. The standard InChI is InChI=1S/C35H28N2O5/c1-41-24-16-11-22(12-17-24)32(38)30-31(33(39)23-13-18-25(42-2)19-14-23)37-28-10-6-3-7-21(28)15-20-29(37)35(30)26-8-4-5-9-27(26)36-34(35)40/h3-20,29-31H,1-2H3,(H,36,40)/t29-,30+,31-,35-/m1/s1. The van der Waals surface area contributed by atoms with Crippen LogP contribution in [0.5, 0.6) is 11.5 Å². The number of carbonyl (C=O) groups is 3. The van der Waals surface area contributed by atoms with Crippen LogP contribution in [-0.2, 0) is 10.2 Å². The number of Topliss-reactive ketones (excluding diaryl/α,β-unsaturated/α-hetero) is 2. The maximum atomic E-state index is 14.8. The van der Waals surface area contributed by atoms with E-state index >= 15 is 0 Å². The molecule has 0 aliphatic carbocycles. The summed E-state index contributed by atoms with van der Waals surface area (Å²) in [5.41, 5.74) is 2.57. The fraction of sp³-hybridized carbons (Fsp3) is 0.171. The number of ether oxygens (including phenoxy) is 2. The fourth-order valence-electron chi connectivity index (χ4n) is 6.98. The number of rotatable bonds is 6. The summed E-state index contributed by atoms with van der Waals surface area (Å²) >= 11 is 0. The highest BCUT2D eigenvalue weighted by molar-refractivity contribution is 6.18. The van der Waals surface area contributed by atoms with Gasteiger partial charge < -0.3 is 19.7 Å². The molecule has 4 atom stereocenters. The van der Waals surface area contributed by atoms with Gasteiger partial charge in [-0.05, 0) is 71.8 Å². The third-order valence-electron chi connectivity index (χ3n) is 8.84. The average Bonchev–Trinajstić information content (AvgIpc) is 3.52. The molecule has 1 spiro atoms. The van der Waals surface area contributed by atoms with Gasteiger partial charge in [0.2, 0.25) is 5.91 Å². The molecule has 42 heavy (non-hydrogen) atoms. The van der Waals surface area contributed by atoms with Gasteiger partial charge in [-0.25, -0.2) is 0 Å².